The largest absolute Gasteiger partial charge is 0.451 e. The molecule has 0 unspecified atom stereocenters. The molecule has 0 aromatic heterocycles. The standard InChI is InChI=1S/C22H20O4/c1-22(2,26-21(24)14-13-18-9-5-3-6-10-18)16-15-20(23)25-17-19-11-7-4-8-12-19/h3-14H,17H2,1-2H3/b14-13+. The molecule has 0 bridgehead atoms. The zero-order valence-corrected chi connectivity index (χ0v) is 14.8. The Kier molecular flexibility index (Phi) is 6.75. The SMILES string of the molecule is CC(C)(C#CC(=O)OCc1ccccc1)OC(=O)/C=C/c1ccccc1. The van der Waals surface area contributed by atoms with Gasteiger partial charge in [-0.25, -0.2) is 9.59 Å². The molecule has 0 aliphatic carbocycles. The fourth-order valence-electron chi connectivity index (χ4n) is 2.00. The fourth-order valence-corrected chi connectivity index (χ4v) is 2.00. The first-order chi connectivity index (χ1) is 12.4. The van der Waals surface area contributed by atoms with Crippen molar-refractivity contribution in [1.82, 2.24) is 0 Å². The molecule has 2 aromatic carbocycles. The number of carbonyl (C=O) groups is 2. The zero-order chi connectivity index (χ0) is 18.8. The van der Waals surface area contributed by atoms with E-state index >= 15 is 0 Å². The number of benzene rings is 2. The number of carbonyl (C=O) groups excluding carboxylic acids is 2. The van der Waals surface area contributed by atoms with Gasteiger partial charge in [-0.3, -0.25) is 0 Å². The van der Waals surface area contributed by atoms with E-state index in [1.807, 2.05) is 60.7 Å². The van der Waals surface area contributed by atoms with Crippen molar-refractivity contribution in [3.05, 3.63) is 77.9 Å². The summed E-state index contributed by atoms with van der Waals surface area (Å²) in [6, 6.07) is 18.7. The van der Waals surface area contributed by atoms with Crippen molar-refractivity contribution < 1.29 is 19.1 Å². The van der Waals surface area contributed by atoms with E-state index < -0.39 is 17.5 Å². The molecule has 0 radical (unpaired) electrons. The summed E-state index contributed by atoms with van der Waals surface area (Å²) < 4.78 is 10.3. The Hall–Kier alpha value is -3.32. The summed E-state index contributed by atoms with van der Waals surface area (Å²) in [7, 11) is 0. The van der Waals surface area contributed by atoms with Gasteiger partial charge in [0.2, 0.25) is 0 Å². The number of rotatable bonds is 5. The Morgan fingerprint density at radius 1 is 1.00 bits per heavy atom. The monoisotopic (exact) mass is 348 g/mol. The van der Waals surface area contributed by atoms with E-state index in [4.69, 9.17) is 9.47 Å². The van der Waals surface area contributed by atoms with Gasteiger partial charge in [0, 0.05) is 12.0 Å². The van der Waals surface area contributed by atoms with E-state index in [1.165, 1.54) is 6.08 Å². The predicted octanol–water partition coefficient (Wildman–Crippen LogP) is 3.77. The van der Waals surface area contributed by atoms with Gasteiger partial charge >= 0.3 is 11.9 Å². The van der Waals surface area contributed by atoms with E-state index in [0.717, 1.165) is 11.1 Å². The van der Waals surface area contributed by atoms with Gasteiger partial charge in [-0.1, -0.05) is 60.7 Å². The molecule has 4 heteroatoms. The van der Waals surface area contributed by atoms with Crippen molar-refractivity contribution in [2.24, 2.45) is 0 Å². The molecule has 0 saturated heterocycles. The van der Waals surface area contributed by atoms with E-state index in [0.29, 0.717) is 0 Å². The molecule has 132 valence electrons. The van der Waals surface area contributed by atoms with E-state index in [2.05, 4.69) is 11.8 Å². The Morgan fingerprint density at radius 3 is 2.27 bits per heavy atom. The van der Waals surface area contributed by atoms with E-state index in [9.17, 15) is 9.59 Å². The third-order valence-electron chi connectivity index (χ3n) is 3.25. The molecular formula is C22H20O4. The molecule has 0 aliphatic heterocycles. The van der Waals surface area contributed by atoms with Crippen LogP contribution in [0.4, 0.5) is 0 Å². The van der Waals surface area contributed by atoms with Gasteiger partial charge in [0.1, 0.15) is 6.61 Å². The second-order valence-corrected chi connectivity index (χ2v) is 5.99. The van der Waals surface area contributed by atoms with Crippen LogP contribution in [0.15, 0.2) is 66.7 Å². The molecule has 26 heavy (non-hydrogen) atoms. The smallest absolute Gasteiger partial charge is 0.384 e. The number of esters is 2. The van der Waals surface area contributed by atoms with Gasteiger partial charge in [0.15, 0.2) is 5.60 Å². The zero-order valence-electron chi connectivity index (χ0n) is 14.8. The first-order valence-corrected chi connectivity index (χ1v) is 8.14. The summed E-state index contributed by atoms with van der Waals surface area (Å²) in [6.45, 7) is 3.37. The Morgan fingerprint density at radius 2 is 1.62 bits per heavy atom. The van der Waals surface area contributed by atoms with Gasteiger partial charge < -0.3 is 9.47 Å². The number of ether oxygens (including phenoxy) is 2. The lowest BCUT2D eigenvalue weighted by Gasteiger charge is -2.17. The Bertz CT molecular complexity index is 825. The highest BCUT2D eigenvalue weighted by molar-refractivity contribution is 5.89. The molecule has 2 aromatic rings. The van der Waals surface area contributed by atoms with Crippen LogP contribution in [-0.2, 0) is 25.7 Å². The maximum atomic E-state index is 11.9. The minimum absolute atomic E-state index is 0.147. The van der Waals surface area contributed by atoms with Crippen LogP contribution in [0.2, 0.25) is 0 Å². The van der Waals surface area contributed by atoms with Crippen LogP contribution in [0.5, 0.6) is 0 Å². The summed E-state index contributed by atoms with van der Waals surface area (Å²) in [6.07, 6.45) is 2.98. The average Bonchev–Trinajstić information content (AvgIpc) is 2.64. The van der Waals surface area contributed by atoms with Crippen molar-refractivity contribution in [2.75, 3.05) is 0 Å². The normalized spacial score (nSPS) is 10.7. The molecule has 0 heterocycles. The topological polar surface area (TPSA) is 52.6 Å². The molecule has 0 N–H and O–H groups in total. The Balaban J connectivity index is 1.85. The molecule has 0 spiro atoms. The maximum Gasteiger partial charge on any atom is 0.384 e. The van der Waals surface area contributed by atoms with Crippen LogP contribution >= 0.6 is 0 Å². The molecule has 0 saturated carbocycles. The van der Waals surface area contributed by atoms with Gasteiger partial charge in [0.25, 0.3) is 0 Å². The van der Waals surface area contributed by atoms with E-state index in [1.54, 1.807) is 19.9 Å². The lowest BCUT2D eigenvalue weighted by atomic mass is 10.1. The van der Waals surface area contributed by atoms with Gasteiger partial charge in [-0.15, -0.1) is 0 Å². The van der Waals surface area contributed by atoms with Crippen LogP contribution in [0, 0.1) is 11.8 Å². The highest BCUT2D eigenvalue weighted by atomic mass is 16.6. The minimum Gasteiger partial charge on any atom is -0.451 e. The third-order valence-corrected chi connectivity index (χ3v) is 3.25. The van der Waals surface area contributed by atoms with Crippen molar-refractivity contribution in [2.45, 2.75) is 26.1 Å². The molecule has 0 fully saturated rings. The van der Waals surface area contributed by atoms with Crippen molar-refractivity contribution in [3.63, 3.8) is 0 Å². The lowest BCUT2D eigenvalue weighted by molar-refractivity contribution is -0.145. The molecule has 0 amide bonds. The molecular weight excluding hydrogens is 328 g/mol. The Labute approximate surface area is 153 Å². The van der Waals surface area contributed by atoms with Crippen LogP contribution in [0.1, 0.15) is 25.0 Å². The quantitative estimate of drug-likeness (QED) is 0.357. The maximum absolute atomic E-state index is 11.9. The van der Waals surface area contributed by atoms with Crippen LogP contribution in [-0.4, -0.2) is 17.5 Å². The van der Waals surface area contributed by atoms with E-state index in [-0.39, 0.29) is 6.61 Å². The second-order valence-electron chi connectivity index (χ2n) is 5.99. The first-order valence-electron chi connectivity index (χ1n) is 8.14. The highest BCUT2D eigenvalue weighted by Gasteiger charge is 2.19. The predicted molar refractivity (Wildman–Crippen MR) is 99.7 cm³/mol. The first kappa shape index (κ1) is 19.0. The summed E-state index contributed by atoms with van der Waals surface area (Å²) in [4.78, 5) is 23.6. The van der Waals surface area contributed by atoms with Crippen LogP contribution in [0.25, 0.3) is 6.08 Å². The molecule has 4 nitrogen and oxygen atoms in total. The summed E-state index contributed by atoms with van der Waals surface area (Å²) in [5.74, 6) is 3.78. The average molecular weight is 348 g/mol. The number of hydrogen-bond acceptors (Lipinski definition) is 4. The van der Waals surface area contributed by atoms with Gasteiger partial charge in [0.05, 0.1) is 0 Å². The highest BCUT2D eigenvalue weighted by Crippen LogP contribution is 2.09. The molecule has 2 rings (SSSR count). The summed E-state index contributed by atoms with van der Waals surface area (Å²) in [5, 5.41) is 0. The summed E-state index contributed by atoms with van der Waals surface area (Å²) in [5.41, 5.74) is 0.654. The van der Waals surface area contributed by atoms with Crippen molar-refractivity contribution >= 4 is 18.0 Å². The lowest BCUT2D eigenvalue weighted by Crippen LogP contribution is -2.25. The van der Waals surface area contributed by atoms with Crippen LogP contribution in [0.3, 0.4) is 0 Å². The summed E-state index contributed by atoms with van der Waals surface area (Å²) >= 11 is 0. The van der Waals surface area contributed by atoms with Crippen molar-refractivity contribution in [1.29, 1.82) is 0 Å². The second kappa shape index (κ2) is 9.24. The minimum atomic E-state index is -1.11. The fraction of sp³-hybridized carbons (Fsp3) is 0.182. The van der Waals surface area contributed by atoms with Crippen molar-refractivity contribution in [3.8, 4) is 11.8 Å². The van der Waals surface area contributed by atoms with Crippen LogP contribution < -0.4 is 0 Å². The number of hydrogen-bond donors (Lipinski definition) is 0. The van der Waals surface area contributed by atoms with Gasteiger partial charge in [-0.2, -0.15) is 0 Å². The molecule has 0 atom stereocenters. The third kappa shape index (κ3) is 7.06. The van der Waals surface area contributed by atoms with Gasteiger partial charge in [-0.05, 0) is 37.0 Å². The molecule has 0 aliphatic rings.